The molecule has 0 saturated carbocycles. The third-order valence-corrected chi connectivity index (χ3v) is 15.5. The van der Waals surface area contributed by atoms with Gasteiger partial charge in [0.15, 0.2) is 15.6 Å². The Morgan fingerprint density at radius 1 is 0.672 bits per heavy atom. The normalized spacial score (nSPS) is 13.2. The monoisotopic (exact) mass is 973 g/mol. The molecule has 3 heterocycles. The molecule has 1 aliphatic heterocycles. The number of Topliss-reactive ketones (excluding diaryl/α,β-unsaturated/α-hetero) is 1. The number of sulfone groups is 2. The maximum atomic E-state index is 13.4. The Kier molecular flexibility index (Phi) is 13.5. The number of fused-ring (bicyclic) bond motifs is 3. The van der Waals surface area contributed by atoms with Gasteiger partial charge in [-0.1, -0.05) is 109 Å². The smallest absolute Gasteiger partial charge is 0.204 e. The predicted octanol–water partition coefficient (Wildman–Crippen LogP) is 12.3. The van der Waals surface area contributed by atoms with Crippen LogP contribution in [0, 0.1) is 25.5 Å². The number of benzene rings is 6. The van der Waals surface area contributed by atoms with Crippen molar-refractivity contribution < 1.29 is 30.4 Å². The van der Waals surface area contributed by atoms with Crippen molar-refractivity contribution in [1.82, 2.24) is 9.97 Å². The summed E-state index contributed by atoms with van der Waals surface area (Å²) in [6.07, 6.45) is 1.36. The molecule has 67 heavy (non-hydrogen) atoms. The van der Waals surface area contributed by atoms with E-state index in [-0.39, 0.29) is 27.1 Å². The molecule has 0 unspecified atom stereocenters. The Balaban J connectivity index is 0.000000182. The van der Waals surface area contributed by atoms with Crippen molar-refractivity contribution in [3.63, 3.8) is 0 Å². The number of ketones is 1. The van der Waals surface area contributed by atoms with Gasteiger partial charge < -0.3 is 4.90 Å². The summed E-state index contributed by atoms with van der Waals surface area (Å²) < 4.78 is 79.4. The first-order valence-corrected chi connectivity index (χ1v) is 25.2. The first kappa shape index (κ1) is 47.2. The van der Waals surface area contributed by atoms with Crippen LogP contribution in [0.1, 0.15) is 62.3 Å². The van der Waals surface area contributed by atoms with Crippen molar-refractivity contribution in [1.29, 1.82) is 0 Å². The molecule has 0 spiro atoms. The SMILES string of the molecule is CCc1ccc(Cl)cc1S(=O)(=O)CC(=O)c1nc(Cc2ccc(F)cc2)c2ccccc2c1C.Cc1c(C2=CS(=O)(=O)c3cc(Cl)ccc3N2C)nc(Cc2ccc(F)cc2)c2ccccc12. The highest BCUT2D eigenvalue weighted by atomic mass is 35.5. The second kappa shape index (κ2) is 19.1. The van der Waals surface area contributed by atoms with E-state index in [4.69, 9.17) is 28.2 Å². The van der Waals surface area contributed by atoms with E-state index in [2.05, 4.69) is 4.98 Å². The number of carbonyl (C=O) groups is 1. The van der Waals surface area contributed by atoms with Gasteiger partial charge in [0.2, 0.25) is 9.84 Å². The molecule has 0 fully saturated rings. The molecule has 2 aromatic heterocycles. The zero-order valence-electron chi connectivity index (χ0n) is 36.8. The third kappa shape index (κ3) is 9.90. The van der Waals surface area contributed by atoms with Crippen LogP contribution in [0.5, 0.6) is 0 Å². The van der Waals surface area contributed by atoms with E-state index in [1.165, 1.54) is 41.8 Å². The number of halogens is 4. The Morgan fingerprint density at radius 3 is 1.75 bits per heavy atom. The quantitative estimate of drug-likeness (QED) is 0.125. The van der Waals surface area contributed by atoms with Crippen molar-refractivity contribution in [2.45, 2.75) is 49.8 Å². The topological polar surface area (TPSA) is 114 Å². The van der Waals surface area contributed by atoms with Gasteiger partial charge >= 0.3 is 0 Å². The van der Waals surface area contributed by atoms with Crippen LogP contribution in [-0.4, -0.2) is 45.4 Å². The summed E-state index contributed by atoms with van der Waals surface area (Å²) in [6.45, 7) is 5.57. The molecule has 0 aliphatic carbocycles. The first-order valence-electron chi connectivity index (χ1n) is 21.2. The van der Waals surface area contributed by atoms with Gasteiger partial charge in [0.05, 0.1) is 43.7 Å². The average molecular weight is 975 g/mol. The van der Waals surface area contributed by atoms with Crippen molar-refractivity contribution in [3.05, 3.63) is 211 Å². The fraction of sp³-hybridized carbons (Fsp3) is 0.151. The maximum absolute atomic E-state index is 13.4. The number of nitrogens with zero attached hydrogens (tertiary/aromatic N) is 3. The molecule has 0 radical (unpaired) electrons. The van der Waals surface area contributed by atoms with Gasteiger partial charge in [-0.25, -0.2) is 35.6 Å². The summed E-state index contributed by atoms with van der Waals surface area (Å²) in [7, 11) is -5.82. The lowest BCUT2D eigenvalue weighted by Crippen LogP contribution is -2.24. The minimum atomic E-state index is -3.94. The summed E-state index contributed by atoms with van der Waals surface area (Å²) in [4.78, 5) is 25.0. The lowest BCUT2D eigenvalue weighted by Gasteiger charge is -2.29. The van der Waals surface area contributed by atoms with Crippen molar-refractivity contribution in [2.75, 3.05) is 17.7 Å². The summed E-state index contributed by atoms with van der Waals surface area (Å²) in [6, 6.07) is 37.4. The Bertz CT molecular complexity index is 3510. The molecular formula is C53H43Cl2F2N3O5S2. The molecule has 8 aromatic rings. The molecule has 6 aromatic carbocycles. The number of rotatable bonds is 10. The number of aryl methyl sites for hydroxylation is 3. The number of hydrogen-bond donors (Lipinski definition) is 0. The van der Waals surface area contributed by atoms with Crippen LogP contribution in [0.25, 0.3) is 27.2 Å². The van der Waals surface area contributed by atoms with Crippen LogP contribution in [0.15, 0.2) is 149 Å². The summed E-state index contributed by atoms with van der Waals surface area (Å²) in [5, 5.41) is 5.59. The third-order valence-electron chi connectivity index (χ3n) is 11.8. The van der Waals surface area contributed by atoms with Gasteiger partial charge in [-0.2, -0.15) is 0 Å². The standard InChI is InChI=1S/C27H23ClFNO3S.C26H20ClFN2O2S/c1-3-19-10-11-20(28)15-26(19)34(32,33)16-25(31)27-17(2)22-6-4-5-7-23(22)24(30-27)14-18-8-12-21(29)13-9-18;1-16-20-5-3-4-6-21(20)22(13-17-7-10-19(28)11-8-17)29-26(16)24-15-33(31,32)25-14-18(27)9-12-23(25)30(24)2/h4-13,15H,3,14,16H2,1-2H3;3-12,14-15H,13H2,1-2H3. The molecule has 9 rings (SSSR count). The van der Waals surface area contributed by atoms with Crippen LogP contribution in [0.4, 0.5) is 14.5 Å². The van der Waals surface area contributed by atoms with Crippen molar-refractivity contribution in [3.8, 4) is 0 Å². The van der Waals surface area contributed by atoms with Crippen LogP contribution >= 0.6 is 23.2 Å². The summed E-state index contributed by atoms with van der Waals surface area (Å²) in [5.74, 6) is -1.91. The van der Waals surface area contributed by atoms with E-state index in [1.807, 2.05) is 74.3 Å². The fourth-order valence-electron chi connectivity index (χ4n) is 8.37. The van der Waals surface area contributed by atoms with Gasteiger partial charge in [0, 0.05) is 40.7 Å². The molecule has 0 atom stereocenters. The van der Waals surface area contributed by atoms with Crippen molar-refractivity contribution in [2.24, 2.45) is 0 Å². The molecule has 0 amide bonds. The van der Waals surface area contributed by atoms with Gasteiger partial charge in [-0.15, -0.1) is 0 Å². The van der Waals surface area contributed by atoms with E-state index < -0.39 is 31.2 Å². The highest BCUT2D eigenvalue weighted by molar-refractivity contribution is 7.94. The Labute approximate surface area is 398 Å². The van der Waals surface area contributed by atoms with E-state index >= 15 is 0 Å². The number of pyridine rings is 2. The maximum Gasteiger partial charge on any atom is 0.204 e. The predicted molar refractivity (Wildman–Crippen MR) is 264 cm³/mol. The number of aromatic nitrogens is 2. The van der Waals surface area contributed by atoms with E-state index in [9.17, 15) is 30.4 Å². The molecule has 0 N–H and O–H groups in total. The zero-order valence-corrected chi connectivity index (χ0v) is 40.0. The van der Waals surface area contributed by atoms with Crippen LogP contribution in [-0.2, 0) is 38.9 Å². The molecule has 0 saturated heterocycles. The molecule has 14 heteroatoms. The summed E-state index contributed by atoms with van der Waals surface area (Å²) in [5.41, 5.74) is 7.06. The Morgan fingerprint density at radius 2 is 1.18 bits per heavy atom. The minimum Gasteiger partial charge on any atom is -0.341 e. The largest absolute Gasteiger partial charge is 0.341 e. The number of carbonyl (C=O) groups excluding carboxylic acids is 1. The lowest BCUT2D eigenvalue weighted by atomic mass is 9.98. The van der Waals surface area contributed by atoms with Crippen LogP contribution < -0.4 is 4.90 Å². The van der Waals surface area contributed by atoms with Gasteiger partial charge in [0.25, 0.3) is 0 Å². The second-order valence-electron chi connectivity index (χ2n) is 16.3. The highest BCUT2D eigenvalue weighted by Crippen LogP contribution is 2.40. The minimum absolute atomic E-state index is 0.0702. The van der Waals surface area contributed by atoms with E-state index in [1.54, 1.807) is 55.5 Å². The molecular weight excluding hydrogens is 932 g/mol. The van der Waals surface area contributed by atoms with E-state index in [0.717, 1.165) is 43.9 Å². The van der Waals surface area contributed by atoms with Gasteiger partial charge in [-0.3, -0.25) is 4.79 Å². The highest BCUT2D eigenvalue weighted by Gasteiger charge is 2.31. The molecule has 1 aliphatic rings. The number of hydrogen-bond acceptors (Lipinski definition) is 8. The average Bonchev–Trinajstić information content (AvgIpc) is 3.31. The Hall–Kier alpha value is -6.31. The van der Waals surface area contributed by atoms with Crippen LogP contribution in [0.2, 0.25) is 10.0 Å². The van der Waals surface area contributed by atoms with Crippen LogP contribution in [0.3, 0.4) is 0 Å². The van der Waals surface area contributed by atoms with Gasteiger partial charge in [0.1, 0.15) is 23.1 Å². The second-order valence-corrected chi connectivity index (χ2v) is 20.9. The fourth-order valence-corrected chi connectivity index (χ4v) is 11.9. The first-order chi connectivity index (χ1) is 31.9. The van der Waals surface area contributed by atoms with Gasteiger partial charge in [-0.05, 0) is 113 Å². The molecule has 8 nitrogen and oxygen atoms in total. The summed E-state index contributed by atoms with van der Waals surface area (Å²) >= 11 is 12.1. The molecule has 0 bridgehead atoms. The zero-order chi connectivity index (χ0) is 47.8. The lowest BCUT2D eigenvalue weighted by molar-refractivity contribution is 0.101. The van der Waals surface area contributed by atoms with Crippen molar-refractivity contribution >= 4 is 81.6 Å². The van der Waals surface area contributed by atoms with E-state index in [0.29, 0.717) is 63.2 Å². The number of anilines is 1. The molecule has 340 valence electrons.